The lowest BCUT2D eigenvalue weighted by molar-refractivity contribution is 0.0997. The molecule has 72 valence electrons. The maximum Gasteiger partial charge on any atom is 0.175 e. The summed E-state index contributed by atoms with van der Waals surface area (Å²) in [6.45, 7) is 3.57. The molecule has 0 atom stereocenters. The predicted octanol–water partition coefficient (Wildman–Crippen LogP) is 2.17. The third kappa shape index (κ3) is 2.14. The van der Waals surface area contributed by atoms with Crippen LogP contribution in [0.15, 0.2) is 18.2 Å². The Morgan fingerprint density at radius 1 is 1.50 bits per heavy atom. The van der Waals surface area contributed by atoms with Gasteiger partial charge < -0.3 is 5.73 Å². The van der Waals surface area contributed by atoms with Gasteiger partial charge in [-0.1, -0.05) is 18.1 Å². The highest BCUT2D eigenvalue weighted by atomic mass is 16.1. The smallest absolute Gasteiger partial charge is 0.175 e. The van der Waals surface area contributed by atoms with Crippen molar-refractivity contribution in [2.24, 2.45) is 0 Å². The molecule has 1 aromatic rings. The number of nitrogen functional groups attached to an aromatic ring is 1. The van der Waals surface area contributed by atoms with Crippen LogP contribution in [0.1, 0.15) is 29.3 Å². The van der Waals surface area contributed by atoms with Crippen molar-refractivity contribution in [1.29, 1.82) is 0 Å². The average Bonchev–Trinajstić information content (AvgIpc) is 2.18. The second-order valence-electron chi connectivity index (χ2n) is 3.05. The van der Waals surface area contributed by atoms with Crippen LogP contribution in [0.4, 0.5) is 5.69 Å². The Balaban J connectivity index is 2.99. The van der Waals surface area contributed by atoms with Gasteiger partial charge in [0.1, 0.15) is 0 Å². The first kappa shape index (κ1) is 10.3. The molecule has 0 aliphatic heterocycles. The van der Waals surface area contributed by atoms with E-state index in [4.69, 9.17) is 5.73 Å². The summed E-state index contributed by atoms with van der Waals surface area (Å²) in [5.74, 6) is 5.48. The molecule has 0 unspecified atom stereocenters. The number of ketones is 1. The second kappa shape index (κ2) is 4.48. The quantitative estimate of drug-likeness (QED) is 0.438. The van der Waals surface area contributed by atoms with Gasteiger partial charge in [0, 0.05) is 11.3 Å². The summed E-state index contributed by atoms with van der Waals surface area (Å²) in [5.41, 5.74) is 7.87. The van der Waals surface area contributed by atoms with Gasteiger partial charge in [-0.15, -0.1) is 5.92 Å². The lowest BCUT2D eigenvalue weighted by Gasteiger charge is -2.04. The molecule has 0 radical (unpaired) electrons. The minimum Gasteiger partial charge on any atom is -0.398 e. The fourth-order valence-corrected chi connectivity index (χ4v) is 1.22. The minimum absolute atomic E-state index is 0.0316. The maximum atomic E-state index is 11.6. The van der Waals surface area contributed by atoms with Crippen LogP contribution in [0.25, 0.3) is 0 Å². The summed E-state index contributed by atoms with van der Waals surface area (Å²) in [6.07, 6.45) is 0.265. The van der Waals surface area contributed by atoms with Crippen molar-refractivity contribution in [3.8, 4) is 11.8 Å². The number of carbonyl (C=O) groups is 1. The molecule has 14 heavy (non-hydrogen) atoms. The maximum absolute atomic E-state index is 11.6. The van der Waals surface area contributed by atoms with Gasteiger partial charge in [-0.3, -0.25) is 4.79 Å². The SMILES string of the molecule is CC#CCC(=O)c1cccc(N)c1C. The fraction of sp³-hybridized carbons (Fsp3) is 0.250. The van der Waals surface area contributed by atoms with Crippen molar-refractivity contribution in [3.05, 3.63) is 29.3 Å². The van der Waals surface area contributed by atoms with Crippen LogP contribution in [-0.4, -0.2) is 5.78 Å². The lowest BCUT2D eigenvalue weighted by atomic mass is 10.0. The molecule has 0 fully saturated rings. The van der Waals surface area contributed by atoms with E-state index < -0.39 is 0 Å². The van der Waals surface area contributed by atoms with Gasteiger partial charge in [0.05, 0.1) is 6.42 Å². The normalized spacial score (nSPS) is 9.00. The number of hydrogen-bond acceptors (Lipinski definition) is 2. The molecule has 2 N–H and O–H groups in total. The molecule has 0 heterocycles. The molecule has 0 aliphatic carbocycles. The van der Waals surface area contributed by atoms with E-state index >= 15 is 0 Å². The number of benzene rings is 1. The summed E-state index contributed by atoms with van der Waals surface area (Å²) in [7, 11) is 0. The molecule has 0 spiro atoms. The first-order valence-corrected chi connectivity index (χ1v) is 4.44. The molecule has 1 aromatic carbocycles. The van der Waals surface area contributed by atoms with E-state index in [0.29, 0.717) is 11.3 Å². The second-order valence-corrected chi connectivity index (χ2v) is 3.05. The Bertz CT molecular complexity index is 410. The summed E-state index contributed by atoms with van der Waals surface area (Å²) in [6, 6.07) is 5.36. The van der Waals surface area contributed by atoms with Crippen molar-refractivity contribution in [3.63, 3.8) is 0 Å². The van der Waals surface area contributed by atoms with Gasteiger partial charge in [0.25, 0.3) is 0 Å². The largest absolute Gasteiger partial charge is 0.398 e. The van der Waals surface area contributed by atoms with Gasteiger partial charge in [0.2, 0.25) is 0 Å². The van der Waals surface area contributed by atoms with Crippen molar-refractivity contribution in [2.75, 3.05) is 5.73 Å². The lowest BCUT2D eigenvalue weighted by Crippen LogP contribution is -2.02. The molecule has 0 aromatic heterocycles. The Morgan fingerprint density at radius 3 is 2.86 bits per heavy atom. The topological polar surface area (TPSA) is 43.1 Å². The molecule has 0 amide bonds. The Hall–Kier alpha value is -1.75. The third-order valence-corrected chi connectivity index (χ3v) is 2.10. The predicted molar refractivity (Wildman–Crippen MR) is 58.0 cm³/mol. The molecule has 2 nitrogen and oxygen atoms in total. The Labute approximate surface area is 84.1 Å². The van der Waals surface area contributed by atoms with E-state index in [1.54, 1.807) is 25.1 Å². The zero-order valence-corrected chi connectivity index (χ0v) is 8.42. The monoisotopic (exact) mass is 187 g/mol. The zero-order chi connectivity index (χ0) is 10.6. The first-order valence-electron chi connectivity index (χ1n) is 4.44. The van der Waals surface area contributed by atoms with Gasteiger partial charge in [0.15, 0.2) is 5.78 Å². The van der Waals surface area contributed by atoms with Gasteiger partial charge in [-0.05, 0) is 25.5 Å². The molecule has 0 aliphatic rings. The zero-order valence-electron chi connectivity index (χ0n) is 8.42. The number of carbonyl (C=O) groups excluding carboxylic acids is 1. The molecular formula is C12H13NO. The van der Waals surface area contributed by atoms with Crippen LogP contribution < -0.4 is 5.73 Å². The van der Waals surface area contributed by atoms with Crippen molar-refractivity contribution >= 4 is 11.5 Å². The van der Waals surface area contributed by atoms with Crippen molar-refractivity contribution in [1.82, 2.24) is 0 Å². The number of hydrogen-bond donors (Lipinski definition) is 1. The first-order chi connectivity index (χ1) is 6.66. The van der Waals surface area contributed by atoms with E-state index in [1.165, 1.54) is 0 Å². The Morgan fingerprint density at radius 2 is 2.21 bits per heavy atom. The summed E-state index contributed by atoms with van der Waals surface area (Å²) in [4.78, 5) is 11.6. The number of Topliss-reactive ketones (excluding diaryl/α,β-unsaturated/α-hetero) is 1. The van der Waals surface area contributed by atoms with Crippen molar-refractivity contribution in [2.45, 2.75) is 20.3 Å². The highest BCUT2D eigenvalue weighted by molar-refractivity contribution is 5.99. The van der Waals surface area contributed by atoms with Gasteiger partial charge in [-0.25, -0.2) is 0 Å². The van der Waals surface area contributed by atoms with E-state index in [9.17, 15) is 4.79 Å². The minimum atomic E-state index is 0.0316. The third-order valence-electron chi connectivity index (χ3n) is 2.10. The van der Waals surface area contributed by atoms with Crippen LogP contribution in [0.3, 0.4) is 0 Å². The molecule has 0 saturated heterocycles. The van der Waals surface area contributed by atoms with E-state index in [1.807, 2.05) is 6.92 Å². The number of nitrogens with two attached hydrogens (primary N) is 1. The van der Waals surface area contributed by atoms with Crippen molar-refractivity contribution < 1.29 is 4.79 Å². The molecular weight excluding hydrogens is 174 g/mol. The van der Waals surface area contributed by atoms with Crippen LogP contribution in [0.5, 0.6) is 0 Å². The van der Waals surface area contributed by atoms with Crippen LogP contribution in [0.2, 0.25) is 0 Å². The molecule has 2 heteroatoms. The highest BCUT2D eigenvalue weighted by Crippen LogP contribution is 2.16. The highest BCUT2D eigenvalue weighted by Gasteiger charge is 2.08. The average molecular weight is 187 g/mol. The fourth-order valence-electron chi connectivity index (χ4n) is 1.22. The molecule has 0 saturated carbocycles. The van der Waals surface area contributed by atoms with E-state index in [2.05, 4.69) is 11.8 Å². The number of anilines is 1. The van der Waals surface area contributed by atoms with Gasteiger partial charge in [-0.2, -0.15) is 0 Å². The molecule has 1 rings (SSSR count). The van der Waals surface area contributed by atoms with E-state index in [0.717, 1.165) is 5.56 Å². The standard InChI is InChI=1S/C12H13NO/c1-3-4-8-12(14)10-6-5-7-11(13)9(10)2/h5-7H,8,13H2,1-2H3. The van der Waals surface area contributed by atoms with Crippen LogP contribution >= 0.6 is 0 Å². The van der Waals surface area contributed by atoms with E-state index in [-0.39, 0.29) is 12.2 Å². The summed E-state index contributed by atoms with van der Waals surface area (Å²) in [5, 5.41) is 0. The van der Waals surface area contributed by atoms with Crippen LogP contribution in [0, 0.1) is 18.8 Å². The van der Waals surface area contributed by atoms with Gasteiger partial charge >= 0.3 is 0 Å². The summed E-state index contributed by atoms with van der Waals surface area (Å²) < 4.78 is 0. The van der Waals surface area contributed by atoms with Crippen LogP contribution in [-0.2, 0) is 0 Å². The molecule has 0 bridgehead atoms. The number of rotatable bonds is 2. The Kier molecular flexibility index (Phi) is 3.30. The summed E-state index contributed by atoms with van der Waals surface area (Å²) >= 11 is 0.